The van der Waals surface area contributed by atoms with Crippen LogP contribution in [-0.4, -0.2) is 24.9 Å². The quantitative estimate of drug-likeness (QED) is 0.208. The third-order valence-electron chi connectivity index (χ3n) is 9.53. The van der Waals surface area contributed by atoms with Crippen LogP contribution in [0.25, 0.3) is 44.4 Å². The molecule has 4 aromatic rings. The van der Waals surface area contributed by atoms with Gasteiger partial charge in [-0.05, 0) is 132 Å². The number of nitrogens with one attached hydrogen (secondary N) is 2. The third-order valence-corrected chi connectivity index (χ3v) is 9.53. The summed E-state index contributed by atoms with van der Waals surface area (Å²) in [7, 11) is 0. The zero-order valence-corrected chi connectivity index (χ0v) is 29.2. The van der Waals surface area contributed by atoms with Crippen molar-refractivity contribution in [3.05, 3.63) is 99.9 Å². The van der Waals surface area contributed by atoms with E-state index in [9.17, 15) is 0 Å². The predicted octanol–water partition coefficient (Wildman–Crippen LogP) is 11.1. The van der Waals surface area contributed by atoms with E-state index in [0.29, 0.717) is 0 Å². The smallest absolute Gasteiger partial charge is 0.0694 e. The van der Waals surface area contributed by atoms with E-state index in [0.717, 1.165) is 74.1 Å². The van der Waals surface area contributed by atoms with Gasteiger partial charge in [0.05, 0.1) is 22.8 Å². The number of aromatic nitrogens is 5. The second-order valence-electron chi connectivity index (χ2n) is 11.9. The molecule has 2 aliphatic rings. The molecule has 0 atom stereocenters. The maximum Gasteiger partial charge on any atom is 0.0694 e. The molecule has 0 saturated carbocycles. The molecule has 46 heavy (non-hydrogen) atoms. The van der Waals surface area contributed by atoms with E-state index < -0.39 is 0 Å². The first kappa shape index (κ1) is 33.1. The Morgan fingerprint density at radius 2 is 0.717 bits per heavy atom. The molecule has 5 nitrogen and oxygen atoms in total. The lowest BCUT2D eigenvalue weighted by molar-refractivity contribution is 1.07. The first-order valence-electron chi connectivity index (χ1n) is 17.5. The van der Waals surface area contributed by atoms with Crippen molar-refractivity contribution in [2.24, 2.45) is 0 Å². The molecule has 6 rings (SSSR count). The Balaban J connectivity index is 0.000000624. The Bertz CT molecular complexity index is 1770. The van der Waals surface area contributed by atoms with E-state index in [-0.39, 0.29) is 0 Å². The van der Waals surface area contributed by atoms with E-state index in [1.807, 2.05) is 18.2 Å². The molecular weight excluding hydrogens is 562 g/mol. The molecule has 5 heteroatoms. The lowest BCUT2D eigenvalue weighted by Crippen LogP contribution is -1.87. The maximum absolute atomic E-state index is 5.28. The molecule has 0 amide bonds. The summed E-state index contributed by atoms with van der Waals surface area (Å²) in [5.74, 6) is 0. The van der Waals surface area contributed by atoms with Gasteiger partial charge in [0.25, 0.3) is 0 Å². The number of pyridine rings is 1. The molecule has 0 fully saturated rings. The Morgan fingerprint density at radius 1 is 0.391 bits per heavy atom. The van der Waals surface area contributed by atoms with Gasteiger partial charge < -0.3 is 9.97 Å². The zero-order chi connectivity index (χ0) is 32.8. The second kappa shape index (κ2) is 14.9. The van der Waals surface area contributed by atoms with Crippen LogP contribution >= 0.6 is 0 Å². The third kappa shape index (κ3) is 6.25. The summed E-state index contributed by atoms with van der Waals surface area (Å²) in [6, 6.07) is 15.0. The topological polar surface area (TPSA) is 70.2 Å². The molecule has 0 saturated heterocycles. The molecular formula is C41H51N5. The van der Waals surface area contributed by atoms with E-state index in [2.05, 4.69) is 94.6 Å². The first-order valence-corrected chi connectivity index (χ1v) is 17.5. The van der Waals surface area contributed by atoms with Gasteiger partial charge in [-0.15, -0.1) is 0 Å². The molecule has 240 valence electrons. The number of fused-ring (bicyclic) bond motifs is 8. The molecule has 4 aromatic heterocycles. The fourth-order valence-corrected chi connectivity index (χ4v) is 7.41. The largest absolute Gasteiger partial charge is 0.355 e. The predicted molar refractivity (Wildman–Crippen MR) is 198 cm³/mol. The van der Waals surface area contributed by atoms with Crippen LogP contribution in [0.1, 0.15) is 126 Å². The fraction of sp³-hybridized carbons (Fsp3) is 0.390. The van der Waals surface area contributed by atoms with Crippen LogP contribution in [0.15, 0.2) is 54.9 Å². The maximum atomic E-state index is 5.28. The van der Waals surface area contributed by atoms with Gasteiger partial charge in [-0.1, -0.05) is 61.5 Å². The highest BCUT2D eigenvalue weighted by atomic mass is 14.8. The summed E-state index contributed by atoms with van der Waals surface area (Å²) in [4.78, 5) is 22.0. The van der Waals surface area contributed by atoms with Gasteiger partial charge in [-0.3, -0.25) is 4.98 Å². The molecule has 0 spiro atoms. The molecule has 0 radical (unpaired) electrons. The minimum Gasteiger partial charge on any atom is -0.355 e. The number of aromatic amines is 2. The van der Waals surface area contributed by atoms with Crippen LogP contribution in [0.4, 0.5) is 0 Å². The number of aryl methyl sites for hydroxylation is 4. The van der Waals surface area contributed by atoms with Crippen LogP contribution in [0.3, 0.4) is 0 Å². The number of rotatable bonds is 8. The van der Waals surface area contributed by atoms with E-state index in [4.69, 9.17) is 9.97 Å². The van der Waals surface area contributed by atoms with Crippen molar-refractivity contribution in [2.75, 3.05) is 0 Å². The minimum atomic E-state index is 0.965. The highest BCUT2D eigenvalue weighted by molar-refractivity contribution is 5.96. The summed E-state index contributed by atoms with van der Waals surface area (Å²) >= 11 is 0. The number of hydrogen-bond acceptors (Lipinski definition) is 3. The van der Waals surface area contributed by atoms with Crippen molar-refractivity contribution in [2.45, 2.75) is 107 Å². The number of H-pyrrole nitrogens is 2. The van der Waals surface area contributed by atoms with Gasteiger partial charge in [0.1, 0.15) is 0 Å². The normalized spacial score (nSPS) is 12.9. The Kier molecular flexibility index (Phi) is 10.7. The summed E-state index contributed by atoms with van der Waals surface area (Å²) in [5, 5.41) is 0. The summed E-state index contributed by atoms with van der Waals surface area (Å²) in [5.41, 5.74) is 20.2. The molecule has 2 N–H and O–H groups in total. The SMILES string of the molecule is CCC1=C(CC)c2cc3[nH]c(cc4[nH]c(cc5nc(cc1n2)C(CC)=C5CC)c(CC)c4CC)c(CC)c3CC.c1ccncc1. The van der Waals surface area contributed by atoms with Crippen LogP contribution in [-0.2, 0) is 25.7 Å². The van der Waals surface area contributed by atoms with Crippen molar-refractivity contribution in [1.82, 2.24) is 24.9 Å². The average Bonchev–Trinajstić information content (AvgIpc) is 3.80. The lowest BCUT2D eigenvalue weighted by Gasteiger charge is -2.04. The first-order chi connectivity index (χ1) is 22.5. The number of hydrogen-bond donors (Lipinski definition) is 2. The highest BCUT2D eigenvalue weighted by Crippen LogP contribution is 2.39. The van der Waals surface area contributed by atoms with Crippen LogP contribution in [0.2, 0.25) is 0 Å². The van der Waals surface area contributed by atoms with E-state index in [1.165, 1.54) is 66.6 Å². The van der Waals surface area contributed by atoms with Crippen molar-refractivity contribution in [3.63, 3.8) is 0 Å². The van der Waals surface area contributed by atoms with Gasteiger partial charge in [0.2, 0.25) is 0 Å². The van der Waals surface area contributed by atoms with Crippen LogP contribution < -0.4 is 0 Å². The fourth-order valence-electron chi connectivity index (χ4n) is 7.41. The van der Waals surface area contributed by atoms with Crippen molar-refractivity contribution >= 4 is 44.4 Å². The van der Waals surface area contributed by atoms with Gasteiger partial charge >= 0.3 is 0 Å². The molecule has 8 bridgehead atoms. The van der Waals surface area contributed by atoms with Gasteiger partial charge in [-0.2, -0.15) is 0 Å². The van der Waals surface area contributed by atoms with Gasteiger partial charge in [0, 0.05) is 34.5 Å². The Hall–Kier alpha value is -4.25. The number of nitrogens with zero attached hydrogens (tertiary/aromatic N) is 3. The summed E-state index contributed by atoms with van der Waals surface area (Å²) in [6.45, 7) is 18.1. The highest BCUT2D eigenvalue weighted by Gasteiger charge is 2.22. The van der Waals surface area contributed by atoms with E-state index in [1.54, 1.807) is 12.4 Å². The Morgan fingerprint density at radius 3 is 0.978 bits per heavy atom. The average molecular weight is 614 g/mol. The zero-order valence-electron chi connectivity index (χ0n) is 29.2. The van der Waals surface area contributed by atoms with Gasteiger partial charge in [-0.25, -0.2) is 9.97 Å². The lowest BCUT2D eigenvalue weighted by atomic mass is 9.97. The molecule has 0 unspecified atom stereocenters. The van der Waals surface area contributed by atoms with Crippen LogP contribution in [0.5, 0.6) is 0 Å². The molecule has 0 aliphatic carbocycles. The van der Waals surface area contributed by atoms with Crippen molar-refractivity contribution in [3.8, 4) is 0 Å². The molecule has 2 aliphatic heterocycles. The standard InChI is InChI=1S/C36H46N4.C5H5N/c1-9-21-22(10-2)30-18-32-25(13-5)26(14-6)34(39-32)20-36-28(16-8)27(15-7)35(40-36)19-33-24(12-4)23(11-3)31(38-33)17-29(21)37-30;1-2-4-6-5-3-1/h17-20,37-38H,9-16H2,1-8H3;1-5H. The van der Waals surface area contributed by atoms with Crippen LogP contribution in [0, 0.1) is 0 Å². The van der Waals surface area contributed by atoms with Crippen molar-refractivity contribution in [1.29, 1.82) is 0 Å². The monoisotopic (exact) mass is 613 g/mol. The molecule has 6 heterocycles. The van der Waals surface area contributed by atoms with E-state index >= 15 is 0 Å². The minimum absolute atomic E-state index is 0.965. The summed E-state index contributed by atoms with van der Waals surface area (Å²) in [6.07, 6.45) is 11.3. The Labute approximate surface area is 275 Å². The van der Waals surface area contributed by atoms with Crippen molar-refractivity contribution < 1.29 is 0 Å². The second-order valence-corrected chi connectivity index (χ2v) is 11.9. The number of allylic oxidation sites excluding steroid dienone is 4. The molecule has 0 aromatic carbocycles. The van der Waals surface area contributed by atoms with Gasteiger partial charge in [0.15, 0.2) is 0 Å². The summed E-state index contributed by atoms with van der Waals surface area (Å²) < 4.78 is 0.